The standard InChI is InChI=1S/C18H29N3/c1-4-5-6-7-8-18-20-16-11-15(12-19)9-10-17(16)21(18)13-14(2)3/h9-11,14H,4-8,12-13,19H2,1-3H3. The lowest BCUT2D eigenvalue weighted by Crippen LogP contribution is -2.08. The van der Waals surface area contributed by atoms with Crippen LogP contribution in [0.1, 0.15) is 57.8 Å². The van der Waals surface area contributed by atoms with Crippen LogP contribution < -0.4 is 5.73 Å². The molecule has 0 aliphatic rings. The molecule has 1 heterocycles. The quantitative estimate of drug-likeness (QED) is 0.737. The highest BCUT2D eigenvalue weighted by molar-refractivity contribution is 5.77. The molecule has 2 rings (SSSR count). The molecular formula is C18H29N3. The molecule has 116 valence electrons. The van der Waals surface area contributed by atoms with Crippen LogP contribution in [-0.2, 0) is 19.5 Å². The van der Waals surface area contributed by atoms with Gasteiger partial charge in [0.15, 0.2) is 0 Å². The van der Waals surface area contributed by atoms with Gasteiger partial charge in [-0.05, 0) is 30.0 Å². The van der Waals surface area contributed by atoms with E-state index in [1.54, 1.807) is 0 Å². The van der Waals surface area contributed by atoms with Gasteiger partial charge in [-0.1, -0.05) is 46.1 Å². The van der Waals surface area contributed by atoms with Gasteiger partial charge in [-0.3, -0.25) is 0 Å². The monoisotopic (exact) mass is 287 g/mol. The predicted molar refractivity (Wildman–Crippen MR) is 90.3 cm³/mol. The zero-order valence-electron chi connectivity index (χ0n) is 13.7. The lowest BCUT2D eigenvalue weighted by Gasteiger charge is -2.12. The van der Waals surface area contributed by atoms with Crippen molar-refractivity contribution >= 4 is 11.0 Å². The summed E-state index contributed by atoms with van der Waals surface area (Å²) < 4.78 is 2.41. The van der Waals surface area contributed by atoms with Crippen LogP contribution in [0.2, 0.25) is 0 Å². The highest BCUT2D eigenvalue weighted by atomic mass is 15.1. The van der Waals surface area contributed by atoms with E-state index in [1.807, 2.05) is 0 Å². The normalized spacial score (nSPS) is 11.7. The number of aromatic nitrogens is 2. The van der Waals surface area contributed by atoms with Gasteiger partial charge in [-0.25, -0.2) is 4.98 Å². The van der Waals surface area contributed by atoms with E-state index in [-0.39, 0.29) is 0 Å². The van der Waals surface area contributed by atoms with Crippen LogP contribution in [0, 0.1) is 5.92 Å². The fourth-order valence-corrected chi connectivity index (χ4v) is 2.82. The Morgan fingerprint density at radius 2 is 2.00 bits per heavy atom. The summed E-state index contributed by atoms with van der Waals surface area (Å²) in [6.07, 6.45) is 6.22. The van der Waals surface area contributed by atoms with Gasteiger partial charge in [-0.15, -0.1) is 0 Å². The number of nitrogens with two attached hydrogens (primary N) is 1. The van der Waals surface area contributed by atoms with E-state index < -0.39 is 0 Å². The number of unbranched alkanes of at least 4 members (excludes halogenated alkanes) is 3. The largest absolute Gasteiger partial charge is 0.328 e. The van der Waals surface area contributed by atoms with Crippen molar-refractivity contribution < 1.29 is 0 Å². The summed E-state index contributed by atoms with van der Waals surface area (Å²) in [6.45, 7) is 8.41. The average molecular weight is 287 g/mol. The fourth-order valence-electron chi connectivity index (χ4n) is 2.82. The zero-order valence-corrected chi connectivity index (χ0v) is 13.7. The molecule has 21 heavy (non-hydrogen) atoms. The topological polar surface area (TPSA) is 43.8 Å². The maximum absolute atomic E-state index is 5.75. The highest BCUT2D eigenvalue weighted by Gasteiger charge is 2.12. The van der Waals surface area contributed by atoms with Gasteiger partial charge in [0.25, 0.3) is 0 Å². The maximum atomic E-state index is 5.75. The Labute approximate surface area is 128 Å². The second-order valence-corrected chi connectivity index (χ2v) is 6.37. The summed E-state index contributed by atoms with van der Waals surface area (Å²) in [5.74, 6) is 1.87. The summed E-state index contributed by atoms with van der Waals surface area (Å²) in [5.41, 5.74) is 9.26. The number of fused-ring (bicyclic) bond motifs is 1. The minimum Gasteiger partial charge on any atom is -0.328 e. The lowest BCUT2D eigenvalue weighted by atomic mass is 10.1. The van der Waals surface area contributed by atoms with Gasteiger partial charge in [0.05, 0.1) is 11.0 Å². The Balaban J connectivity index is 2.27. The van der Waals surface area contributed by atoms with E-state index >= 15 is 0 Å². The summed E-state index contributed by atoms with van der Waals surface area (Å²) in [5, 5.41) is 0. The molecule has 3 heteroatoms. The van der Waals surface area contributed by atoms with Gasteiger partial charge in [0.1, 0.15) is 5.82 Å². The second-order valence-electron chi connectivity index (χ2n) is 6.37. The molecular weight excluding hydrogens is 258 g/mol. The molecule has 1 aromatic carbocycles. The third-order valence-corrected chi connectivity index (χ3v) is 3.93. The maximum Gasteiger partial charge on any atom is 0.109 e. The van der Waals surface area contributed by atoms with Crippen LogP contribution in [0.25, 0.3) is 11.0 Å². The number of benzene rings is 1. The van der Waals surface area contributed by atoms with Crippen LogP contribution in [0.15, 0.2) is 18.2 Å². The molecule has 0 radical (unpaired) electrons. The Bertz CT molecular complexity index is 569. The molecule has 0 amide bonds. The van der Waals surface area contributed by atoms with Crippen LogP contribution in [0.5, 0.6) is 0 Å². The molecule has 0 aliphatic heterocycles. The molecule has 0 fully saturated rings. The van der Waals surface area contributed by atoms with E-state index in [4.69, 9.17) is 10.7 Å². The van der Waals surface area contributed by atoms with Gasteiger partial charge >= 0.3 is 0 Å². The SMILES string of the molecule is CCCCCCc1nc2cc(CN)ccc2n1CC(C)C. The molecule has 0 bridgehead atoms. The second kappa shape index (κ2) is 7.60. The van der Waals surface area contributed by atoms with Crippen molar-refractivity contribution in [1.82, 2.24) is 9.55 Å². The number of aryl methyl sites for hydroxylation is 1. The minimum atomic E-state index is 0.582. The van der Waals surface area contributed by atoms with Gasteiger partial charge < -0.3 is 10.3 Å². The number of rotatable bonds is 8. The van der Waals surface area contributed by atoms with E-state index in [0.29, 0.717) is 12.5 Å². The first-order valence-electron chi connectivity index (χ1n) is 8.33. The van der Waals surface area contributed by atoms with Gasteiger partial charge in [-0.2, -0.15) is 0 Å². The van der Waals surface area contributed by atoms with Crippen LogP contribution in [0.3, 0.4) is 0 Å². The summed E-state index contributed by atoms with van der Waals surface area (Å²) in [7, 11) is 0. The Morgan fingerprint density at radius 3 is 2.67 bits per heavy atom. The van der Waals surface area contributed by atoms with Crippen molar-refractivity contribution in [2.75, 3.05) is 0 Å². The molecule has 0 saturated heterocycles. The van der Waals surface area contributed by atoms with Crippen LogP contribution in [-0.4, -0.2) is 9.55 Å². The zero-order chi connectivity index (χ0) is 15.2. The van der Waals surface area contributed by atoms with Crippen molar-refractivity contribution in [2.45, 2.75) is 66.0 Å². The average Bonchev–Trinajstić information content (AvgIpc) is 2.80. The first-order chi connectivity index (χ1) is 10.2. The summed E-state index contributed by atoms with van der Waals surface area (Å²) >= 11 is 0. The van der Waals surface area contributed by atoms with E-state index in [0.717, 1.165) is 24.0 Å². The Kier molecular flexibility index (Phi) is 5.80. The van der Waals surface area contributed by atoms with Gasteiger partial charge in [0.2, 0.25) is 0 Å². The van der Waals surface area contributed by atoms with Crippen molar-refractivity contribution in [3.63, 3.8) is 0 Å². The smallest absolute Gasteiger partial charge is 0.109 e. The third-order valence-electron chi connectivity index (χ3n) is 3.93. The highest BCUT2D eigenvalue weighted by Crippen LogP contribution is 2.21. The molecule has 0 unspecified atom stereocenters. The van der Waals surface area contributed by atoms with Crippen molar-refractivity contribution in [3.8, 4) is 0 Å². The van der Waals surface area contributed by atoms with E-state index in [2.05, 4.69) is 43.5 Å². The van der Waals surface area contributed by atoms with Crippen LogP contribution >= 0.6 is 0 Å². The third kappa shape index (κ3) is 4.07. The summed E-state index contributed by atoms with van der Waals surface area (Å²) in [6, 6.07) is 6.45. The molecule has 2 aromatic rings. The van der Waals surface area contributed by atoms with Crippen LogP contribution in [0.4, 0.5) is 0 Å². The molecule has 0 aliphatic carbocycles. The first kappa shape index (κ1) is 16.0. The minimum absolute atomic E-state index is 0.582. The van der Waals surface area contributed by atoms with Gasteiger partial charge in [0, 0.05) is 19.5 Å². The summed E-state index contributed by atoms with van der Waals surface area (Å²) in [4.78, 5) is 4.88. The van der Waals surface area contributed by atoms with E-state index in [9.17, 15) is 0 Å². The lowest BCUT2D eigenvalue weighted by molar-refractivity contribution is 0.510. The van der Waals surface area contributed by atoms with Crippen molar-refractivity contribution in [1.29, 1.82) is 0 Å². The molecule has 1 aromatic heterocycles. The predicted octanol–water partition coefficient (Wildman–Crippen LogP) is 4.27. The first-order valence-corrected chi connectivity index (χ1v) is 8.33. The number of nitrogens with zero attached hydrogens (tertiary/aromatic N) is 2. The molecule has 3 nitrogen and oxygen atoms in total. The van der Waals surface area contributed by atoms with Crippen molar-refractivity contribution in [3.05, 3.63) is 29.6 Å². The fraction of sp³-hybridized carbons (Fsp3) is 0.611. The number of imidazole rings is 1. The Hall–Kier alpha value is -1.35. The number of hydrogen-bond acceptors (Lipinski definition) is 2. The molecule has 0 atom stereocenters. The van der Waals surface area contributed by atoms with E-state index in [1.165, 1.54) is 37.0 Å². The molecule has 0 saturated carbocycles. The van der Waals surface area contributed by atoms with Crippen molar-refractivity contribution in [2.24, 2.45) is 11.7 Å². The number of hydrogen-bond donors (Lipinski definition) is 1. The Morgan fingerprint density at radius 1 is 1.19 bits per heavy atom. The molecule has 2 N–H and O–H groups in total. The molecule has 0 spiro atoms.